The lowest BCUT2D eigenvalue weighted by Gasteiger charge is -2.09. The Morgan fingerprint density at radius 2 is 2.00 bits per heavy atom. The van der Waals surface area contributed by atoms with Crippen LogP contribution < -0.4 is 20.1 Å². The first-order valence-corrected chi connectivity index (χ1v) is 8.77. The second-order valence-electron chi connectivity index (χ2n) is 5.59. The Labute approximate surface area is 167 Å². The SMILES string of the molecule is CCOc1ccc(/C=C/C(=O)OCC(=O)NC(=O)NCc2ccco2)cc1OC. The van der Waals surface area contributed by atoms with E-state index >= 15 is 0 Å². The number of carbonyl (C=O) groups excluding carboxylic acids is 3. The molecule has 0 saturated carbocycles. The average molecular weight is 402 g/mol. The van der Waals surface area contributed by atoms with E-state index in [1.807, 2.05) is 12.2 Å². The van der Waals surface area contributed by atoms with Gasteiger partial charge in [0.15, 0.2) is 18.1 Å². The smallest absolute Gasteiger partial charge is 0.331 e. The number of urea groups is 1. The molecule has 0 fully saturated rings. The van der Waals surface area contributed by atoms with Gasteiger partial charge in [-0.05, 0) is 42.8 Å². The van der Waals surface area contributed by atoms with E-state index in [0.29, 0.717) is 29.4 Å². The van der Waals surface area contributed by atoms with Crippen molar-refractivity contribution in [2.75, 3.05) is 20.3 Å². The molecule has 29 heavy (non-hydrogen) atoms. The van der Waals surface area contributed by atoms with Crippen molar-refractivity contribution in [3.05, 3.63) is 54.0 Å². The molecule has 0 saturated heterocycles. The maximum Gasteiger partial charge on any atom is 0.331 e. The highest BCUT2D eigenvalue weighted by atomic mass is 16.5. The number of ether oxygens (including phenoxy) is 3. The molecule has 0 atom stereocenters. The van der Waals surface area contributed by atoms with E-state index < -0.39 is 24.5 Å². The van der Waals surface area contributed by atoms with Crippen LogP contribution in [0, 0.1) is 0 Å². The molecule has 1 aromatic carbocycles. The molecule has 0 bridgehead atoms. The van der Waals surface area contributed by atoms with E-state index in [0.717, 1.165) is 0 Å². The summed E-state index contributed by atoms with van der Waals surface area (Å²) in [5, 5.41) is 4.48. The van der Waals surface area contributed by atoms with Crippen LogP contribution in [0.4, 0.5) is 4.79 Å². The van der Waals surface area contributed by atoms with Crippen molar-refractivity contribution >= 4 is 24.0 Å². The third-order valence-corrected chi connectivity index (χ3v) is 3.50. The minimum absolute atomic E-state index is 0.125. The van der Waals surface area contributed by atoms with Gasteiger partial charge in [0.25, 0.3) is 5.91 Å². The maximum absolute atomic E-state index is 11.8. The monoisotopic (exact) mass is 402 g/mol. The molecule has 2 rings (SSSR count). The fourth-order valence-corrected chi connectivity index (χ4v) is 2.20. The minimum Gasteiger partial charge on any atom is -0.493 e. The summed E-state index contributed by atoms with van der Waals surface area (Å²) < 4.78 is 20.5. The topological polar surface area (TPSA) is 116 Å². The second-order valence-corrected chi connectivity index (χ2v) is 5.59. The van der Waals surface area contributed by atoms with Crippen molar-refractivity contribution in [1.29, 1.82) is 0 Å². The lowest BCUT2D eigenvalue weighted by atomic mass is 10.2. The van der Waals surface area contributed by atoms with Crippen molar-refractivity contribution in [3.63, 3.8) is 0 Å². The number of furan rings is 1. The van der Waals surface area contributed by atoms with E-state index in [4.69, 9.17) is 18.6 Å². The molecule has 1 aromatic heterocycles. The van der Waals surface area contributed by atoms with Gasteiger partial charge in [0, 0.05) is 6.08 Å². The van der Waals surface area contributed by atoms with Gasteiger partial charge in [0.05, 0.1) is 26.5 Å². The van der Waals surface area contributed by atoms with E-state index in [-0.39, 0.29) is 6.54 Å². The normalized spacial score (nSPS) is 10.4. The van der Waals surface area contributed by atoms with Gasteiger partial charge in [-0.25, -0.2) is 9.59 Å². The minimum atomic E-state index is -0.758. The fraction of sp³-hybridized carbons (Fsp3) is 0.250. The van der Waals surface area contributed by atoms with Crippen LogP contribution >= 0.6 is 0 Å². The first kappa shape index (κ1) is 21.5. The first-order valence-electron chi connectivity index (χ1n) is 8.77. The molecule has 0 spiro atoms. The summed E-state index contributed by atoms with van der Waals surface area (Å²) in [6.45, 7) is 1.90. The molecule has 0 aliphatic heterocycles. The van der Waals surface area contributed by atoms with Crippen LogP contribution in [0.5, 0.6) is 11.5 Å². The molecule has 3 amide bonds. The summed E-state index contributed by atoms with van der Waals surface area (Å²) in [7, 11) is 1.52. The van der Waals surface area contributed by atoms with E-state index in [1.54, 1.807) is 30.3 Å². The Bertz CT molecular complexity index is 860. The predicted octanol–water partition coefficient (Wildman–Crippen LogP) is 2.27. The highest BCUT2D eigenvalue weighted by molar-refractivity contribution is 5.96. The van der Waals surface area contributed by atoms with Crippen LogP contribution in [0.25, 0.3) is 6.08 Å². The van der Waals surface area contributed by atoms with Crippen LogP contribution in [-0.4, -0.2) is 38.2 Å². The van der Waals surface area contributed by atoms with E-state index in [2.05, 4.69) is 5.32 Å². The molecule has 2 aromatic rings. The molecule has 0 unspecified atom stereocenters. The van der Waals surface area contributed by atoms with Gasteiger partial charge < -0.3 is 23.9 Å². The number of nitrogens with one attached hydrogen (secondary N) is 2. The number of imide groups is 1. The Morgan fingerprint density at radius 1 is 1.17 bits per heavy atom. The zero-order valence-electron chi connectivity index (χ0n) is 16.1. The van der Waals surface area contributed by atoms with Crippen LogP contribution in [0.2, 0.25) is 0 Å². The highest BCUT2D eigenvalue weighted by Crippen LogP contribution is 2.28. The lowest BCUT2D eigenvalue weighted by Crippen LogP contribution is -2.41. The number of methoxy groups -OCH3 is 1. The van der Waals surface area contributed by atoms with Gasteiger partial charge in [-0.1, -0.05) is 6.07 Å². The molecule has 154 valence electrons. The Balaban J connectivity index is 1.75. The zero-order valence-corrected chi connectivity index (χ0v) is 16.1. The van der Waals surface area contributed by atoms with Gasteiger partial charge in [-0.15, -0.1) is 0 Å². The van der Waals surface area contributed by atoms with Gasteiger partial charge in [-0.2, -0.15) is 0 Å². The summed E-state index contributed by atoms with van der Waals surface area (Å²) in [5.41, 5.74) is 0.684. The third-order valence-electron chi connectivity index (χ3n) is 3.50. The Morgan fingerprint density at radius 3 is 2.69 bits per heavy atom. The van der Waals surface area contributed by atoms with E-state index in [1.165, 1.54) is 25.5 Å². The number of hydrogen-bond donors (Lipinski definition) is 2. The highest BCUT2D eigenvalue weighted by Gasteiger charge is 2.10. The lowest BCUT2D eigenvalue weighted by molar-refractivity contribution is -0.143. The Kier molecular flexibility index (Phi) is 8.30. The van der Waals surface area contributed by atoms with Gasteiger partial charge >= 0.3 is 12.0 Å². The van der Waals surface area contributed by atoms with Crippen LogP contribution in [0.1, 0.15) is 18.2 Å². The number of rotatable bonds is 9. The van der Waals surface area contributed by atoms with Gasteiger partial charge in [-0.3, -0.25) is 10.1 Å². The van der Waals surface area contributed by atoms with Crippen molar-refractivity contribution < 1.29 is 33.0 Å². The van der Waals surface area contributed by atoms with Gasteiger partial charge in [0.1, 0.15) is 5.76 Å². The summed E-state index contributed by atoms with van der Waals surface area (Å²) in [5.74, 6) is 0.171. The number of benzene rings is 1. The zero-order chi connectivity index (χ0) is 21.1. The largest absolute Gasteiger partial charge is 0.493 e. The van der Waals surface area contributed by atoms with Crippen molar-refractivity contribution in [2.24, 2.45) is 0 Å². The first-order chi connectivity index (χ1) is 14.0. The second kappa shape index (κ2) is 11.2. The summed E-state index contributed by atoms with van der Waals surface area (Å²) >= 11 is 0. The standard InChI is InChI=1S/C20H22N2O7/c1-3-27-16-8-6-14(11-17(16)26-2)7-9-19(24)29-13-18(23)22-20(25)21-12-15-5-4-10-28-15/h4-11H,3,12-13H2,1-2H3,(H2,21,22,23,25)/b9-7+. The molecule has 0 radical (unpaired) electrons. The van der Waals surface area contributed by atoms with E-state index in [9.17, 15) is 14.4 Å². The molecular formula is C20H22N2O7. The number of carbonyl (C=O) groups is 3. The predicted molar refractivity (Wildman–Crippen MR) is 103 cm³/mol. The molecule has 0 aliphatic rings. The number of hydrogen-bond acceptors (Lipinski definition) is 7. The van der Waals surface area contributed by atoms with Crippen molar-refractivity contribution in [3.8, 4) is 11.5 Å². The van der Waals surface area contributed by atoms with Crippen LogP contribution in [0.3, 0.4) is 0 Å². The quantitative estimate of drug-likeness (QED) is 0.488. The molecule has 1 heterocycles. The maximum atomic E-state index is 11.8. The summed E-state index contributed by atoms with van der Waals surface area (Å²) in [4.78, 5) is 35.0. The fourth-order valence-electron chi connectivity index (χ4n) is 2.20. The average Bonchev–Trinajstić information content (AvgIpc) is 3.24. The summed E-state index contributed by atoms with van der Waals surface area (Å²) in [6.07, 6.45) is 4.14. The summed E-state index contributed by atoms with van der Waals surface area (Å²) in [6, 6.07) is 7.80. The molecule has 9 heteroatoms. The molecular weight excluding hydrogens is 380 g/mol. The van der Waals surface area contributed by atoms with Crippen molar-refractivity contribution in [1.82, 2.24) is 10.6 Å². The molecule has 9 nitrogen and oxygen atoms in total. The van der Waals surface area contributed by atoms with Crippen LogP contribution in [0.15, 0.2) is 47.1 Å². The van der Waals surface area contributed by atoms with Crippen LogP contribution in [-0.2, 0) is 20.9 Å². The van der Waals surface area contributed by atoms with Crippen molar-refractivity contribution in [2.45, 2.75) is 13.5 Å². The number of amides is 3. The number of esters is 1. The molecule has 2 N–H and O–H groups in total. The third kappa shape index (κ3) is 7.41. The Hall–Kier alpha value is -3.75. The molecule has 0 aliphatic carbocycles. The van der Waals surface area contributed by atoms with Gasteiger partial charge in [0.2, 0.25) is 0 Å².